The minimum absolute atomic E-state index is 0.109. The molecular formula is C27H29F2N7O2. The van der Waals surface area contributed by atoms with Crippen molar-refractivity contribution in [3.63, 3.8) is 0 Å². The quantitative estimate of drug-likeness (QED) is 0.546. The van der Waals surface area contributed by atoms with E-state index in [0.29, 0.717) is 10.4 Å². The second-order valence-corrected chi connectivity index (χ2v) is 10.3. The van der Waals surface area contributed by atoms with Crippen molar-refractivity contribution in [2.45, 2.75) is 31.5 Å². The number of hydrogen-bond donors (Lipinski definition) is 2. The van der Waals surface area contributed by atoms with Crippen LogP contribution < -0.4 is 30.9 Å². The third-order valence-corrected chi connectivity index (χ3v) is 7.96. The van der Waals surface area contributed by atoms with Gasteiger partial charge in [0.1, 0.15) is 11.4 Å². The first-order valence-corrected chi connectivity index (χ1v) is 12.7. The number of benzene rings is 2. The predicted molar refractivity (Wildman–Crippen MR) is 143 cm³/mol. The molecule has 2 aliphatic heterocycles. The zero-order valence-corrected chi connectivity index (χ0v) is 21.5. The second-order valence-electron chi connectivity index (χ2n) is 10.3. The highest BCUT2D eigenvalue weighted by molar-refractivity contribution is 6.07. The van der Waals surface area contributed by atoms with Gasteiger partial charge in [0.2, 0.25) is 0 Å². The minimum Gasteiger partial charge on any atom is -0.365 e. The number of para-hydroxylation sites is 1. The van der Waals surface area contributed by atoms with Gasteiger partial charge in [-0.25, -0.2) is 8.78 Å². The molecule has 1 saturated carbocycles. The zero-order valence-electron chi connectivity index (χ0n) is 21.5. The Morgan fingerprint density at radius 3 is 2.47 bits per heavy atom. The molecule has 1 unspecified atom stereocenters. The van der Waals surface area contributed by atoms with Gasteiger partial charge < -0.3 is 25.3 Å². The summed E-state index contributed by atoms with van der Waals surface area (Å²) in [6.07, 6.45) is 2.36. The van der Waals surface area contributed by atoms with Crippen LogP contribution in [0.1, 0.15) is 30.3 Å². The molecule has 2 aromatic carbocycles. The van der Waals surface area contributed by atoms with Crippen LogP contribution in [-0.2, 0) is 0 Å². The smallest absolute Gasteiger partial charge is 0.276 e. The highest BCUT2D eigenvalue weighted by Gasteiger charge is 2.47. The molecule has 1 amide bonds. The first-order chi connectivity index (χ1) is 18.2. The number of amides is 1. The summed E-state index contributed by atoms with van der Waals surface area (Å²) >= 11 is 0. The van der Waals surface area contributed by atoms with Crippen LogP contribution in [0.4, 0.5) is 31.5 Å². The maximum absolute atomic E-state index is 14.4. The fourth-order valence-electron chi connectivity index (χ4n) is 5.47. The number of aromatic nitrogens is 2. The van der Waals surface area contributed by atoms with E-state index in [4.69, 9.17) is 0 Å². The molecule has 3 aromatic rings. The molecule has 0 bridgehead atoms. The number of carbonyl (C=O) groups is 1. The molecule has 3 aliphatic rings. The van der Waals surface area contributed by atoms with Crippen molar-refractivity contribution in [1.29, 1.82) is 0 Å². The lowest BCUT2D eigenvalue weighted by Crippen LogP contribution is -2.53. The van der Waals surface area contributed by atoms with Gasteiger partial charge in [-0.1, -0.05) is 6.07 Å². The summed E-state index contributed by atoms with van der Waals surface area (Å²) in [6, 6.07) is 9.45. The van der Waals surface area contributed by atoms with E-state index in [1.54, 1.807) is 0 Å². The van der Waals surface area contributed by atoms with Crippen LogP contribution in [0.5, 0.6) is 0 Å². The Bertz CT molecular complexity index is 1480. The molecule has 1 saturated heterocycles. The fraction of sp³-hybridized carbons (Fsp3) is 0.370. The maximum atomic E-state index is 14.4. The van der Waals surface area contributed by atoms with Gasteiger partial charge in [-0.2, -0.15) is 9.78 Å². The predicted octanol–water partition coefficient (Wildman–Crippen LogP) is 2.94. The molecule has 198 valence electrons. The van der Waals surface area contributed by atoms with Crippen molar-refractivity contribution in [3.05, 3.63) is 70.1 Å². The molecule has 9 nitrogen and oxygen atoms in total. The van der Waals surface area contributed by atoms with Gasteiger partial charge in [0, 0.05) is 45.3 Å². The Labute approximate surface area is 218 Å². The van der Waals surface area contributed by atoms with Gasteiger partial charge in [0.05, 0.1) is 28.9 Å². The molecule has 2 N–H and O–H groups in total. The summed E-state index contributed by atoms with van der Waals surface area (Å²) in [4.78, 5) is 32.6. The van der Waals surface area contributed by atoms with Crippen molar-refractivity contribution in [2.75, 3.05) is 53.7 Å². The highest BCUT2D eigenvalue weighted by atomic mass is 19.1. The first kappa shape index (κ1) is 24.4. The van der Waals surface area contributed by atoms with Crippen LogP contribution in [0.2, 0.25) is 0 Å². The topological polar surface area (TPSA) is 85.7 Å². The lowest BCUT2D eigenvalue weighted by molar-refractivity contribution is 0.102. The van der Waals surface area contributed by atoms with Gasteiger partial charge in [0.25, 0.3) is 11.5 Å². The van der Waals surface area contributed by atoms with E-state index in [1.807, 2.05) is 26.2 Å². The van der Waals surface area contributed by atoms with Crippen molar-refractivity contribution >= 4 is 28.7 Å². The molecule has 1 aliphatic carbocycles. The number of anilines is 4. The number of nitrogens with zero attached hydrogens (tertiary/aromatic N) is 5. The Hall–Kier alpha value is -3.99. The fourth-order valence-corrected chi connectivity index (χ4v) is 5.47. The minimum atomic E-state index is -0.952. The maximum Gasteiger partial charge on any atom is 0.276 e. The summed E-state index contributed by atoms with van der Waals surface area (Å²) < 4.78 is 29.4. The van der Waals surface area contributed by atoms with Gasteiger partial charge in [-0.05, 0) is 50.1 Å². The summed E-state index contributed by atoms with van der Waals surface area (Å²) in [5, 5.41) is 10.6. The van der Waals surface area contributed by atoms with Crippen LogP contribution in [-0.4, -0.2) is 61.1 Å². The highest BCUT2D eigenvalue weighted by Crippen LogP contribution is 2.50. The standard InChI is InChI=1S/C27H29F2N7O2/c1-16-33(2)21-9-7-19(24(25(21)34(16)3)35-14-13-30-27(15-35)11-12-27)31-26(38)20-8-10-22(37)36(32-20)23-17(28)5-4-6-18(23)29/h4-10,16,30H,11-15H2,1-3H3,(H,31,38). The third-order valence-electron chi connectivity index (χ3n) is 7.96. The number of nitrogens with one attached hydrogen (secondary N) is 2. The van der Waals surface area contributed by atoms with Crippen molar-refractivity contribution in [1.82, 2.24) is 15.1 Å². The van der Waals surface area contributed by atoms with Crippen molar-refractivity contribution < 1.29 is 13.6 Å². The zero-order chi connectivity index (χ0) is 26.8. The van der Waals surface area contributed by atoms with Crippen LogP contribution in [0.15, 0.2) is 47.3 Å². The number of halogens is 2. The molecule has 38 heavy (non-hydrogen) atoms. The molecule has 1 spiro atoms. The lowest BCUT2D eigenvalue weighted by atomic mass is 10.1. The summed E-state index contributed by atoms with van der Waals surface area (Å²) in [7, 11) is 4.09. The summed E-state index contributed by atoms with van der Waals surface area (Å²) in [5.74, 6) is -2.49. The van der Waals surface area contributed by atoms with E-state index in [9.17, 15) is 18.4 Å². The van der Waals surface area contributed by atoms with E-state index in [2.05, 4.69) is 37.4 Å². The number of piperazine rings is 1. The monoisotopic (exact) mass is 521 g/mol. The molecule has 2 fully saturated rings. The average molecular weight is 522 g/mol. The molecule has 1 aromatic heterocycles. The molecule has 6 rings (SSSR count). The van der Waals surface area contributed by atoms with Crippen LogP contribution >= 0.6 is 0 Å². The van der Waals surface area contributed by atoms with Gasteiger partial charge >= 0.3 is 0 Å². The van der Waals surface area contributed by atoms with Crippen LogP contribution in [0.25, 0.3) is 5.69 Å². The van der Waals surface area contributed by atoms with Crippen LogP contribution in [0, 0.1) is 11.6 Å². The molecule has 0 radical (unpaired) electrons. The van der Waals surface area contributed by atoms with Crippen molar-refractivity contribution in [2.24, 2.45) is 0 Å². The first-order valence-electron chi connectivity index (χ1n) is 12.7. The van der Waals surface area contributed by atoms with Gasteiger partial charge in [-0.15, -0.1) is 0 Å². The average Bonchev–Trinajstić information content (AvgIpc) is 3.60. The Morgan fingerprint density at radius 2 is 1.76 bits per heavy atom. The molecule has 1 atom stereocenters. The largest absolute Gasteiger partial charge is 0.365 e. The number of fused-ring (bicyclic) bond motifs is 1. The number of rotatable bonds is 4. The lowest BCUT2D eigenvalue weighted by Gasteiger charge is -2.38. The van der Waals surface area contributed by atoms with E-state index in [-0.39, 0.29) is 17.4 Å². The van der Waals surface area contributed by atoms with E-state index in [0.717, 1.165) is 67.7 Å². The third kappa shape index (κ3) is 3.89. The molecular weight excluding hydrogens is 492 g/mol. The Balaban J connectivity index is 1.40. The van der Waals surface area contributed by atoms with E-state index >= 15 is 0 Å². The Morgan fingerprint density at radius 1 is 1.03 bits per heavy atom. The van der Waals surface area contributed by atoms with E-state index in [1.165, 1.54) is 12.1 Å². The molecule has 11 heteroatoms. The second kappa shape index (κ2) is 8.80. The summed E-state index contributed by atoms with van der Waals surface area (Å²) in [6.45, 7) is 4.57. The summed E-state index contributed by atoms with van der Waals surface area (Å²) in [5.41, 5.74) is 2.22. The SMILES string of the molecule is CC1N(C)c2ccc(NC(=O)c3ccc(=O)n(-c4c(F)cccc4F)n3)c(N3CCNC4(CC4)C3)c2N1C. The molecule has 3 heterocycles. The van der Waals surface area contributed by atoms with Crippen molar-refractivity contribution in [3.8, 4) is 5.69 Å². The normalized spacial score (nSPS) is 19.6. The Kier molecular flexibility index (Phi) is 5.64. The number of carbonyl (C=O) groups excluding carboxylic acids is 1. The van der Waals surface area contributed by atoms with Crippen LogP contribution in [0.3, 0.4) is 0 Å². The van der Waals surface area contributed by atoms with E-state index < -0.39 is 28.8 Å². The number of hydrogen-bond acceptors (Lipinski definition) is 7. The van der Waals surface area contributed by atoms with Gasteiger partial charge in [0.15, 0.2) is 11.6 Å². The van der Waals surface area contributed by atoms with Gasteiger partial charge in [-0.3, -0.25) is 9.59 Å².